The molecule has 1 atom stereocenters. The van der Waals surface area contributed by atoms with E-state index in [0.717, 1.165) is 11.1 Å². The molecule has 0 aliphatic rings. The van der Waals surface area contributed by atoms with Gasteiger partial charge < -0.3 is 9.47 Å². The highest BCUT2D eigenvalue weighted by atomic mass is 35.5. The molecule has 0 saturated heterocycles. The third-order valence-electron chi connectivity index (χ3n) is 4.61. The van der Waals surface area contributed by atoms with Crippen molar-refractivity contribution in [3.63, 3.8) is 0 Å². The Kier molecular flexibility index (Phi) is 6.76. The summed E-state index contributed by atoms with van der Waals surface area (Å²) in [6, 6.07) is 22.5. The molecule has 0 spiro atoms. The van der Waals surface area contributed by atoms with Gasteiger partial charge in [0, 0.05) is 17.5 Å². The number of hydrogen-bond donors (Lipinski definition) is 0. The van der Waals surface area contributed by atoms with Crippen LogP contribution >= 0.6 is 11.6 Å². The Balaban J connectivity index is 2.07. The molecule has 3 aromatic carbocycles. The Morgan fingerprint density at radius 3 is 2.30 bits per heavy atom. The topological polar surface area (TPSA) is 59.3 Å². The summed E-state index contributed by atoms with van der Waals surface area (Å²) < 4.78 is 11.3. The molecule has 0 radical (unpaired) electrons. The van der Waals surface area contributed by atoms with E-state index in [-0.39, 0.29) is 5.92 Å². The lowest BCUT2D eigenvalue weighted by Gasteiger charge is -2.22. The standard InChI is InChI=1S/C25H22ClNO3/c1-16(2)24-23(29-17(3)28)13-12-22(26)25(24)21(15-27)18-8-7-11-20(14-18)30-19-9-5-4-6-10-19/h4-14,16,21H,1-3H3. The lowest BCUT2D eigenvalue weighted by molar-refractivity contribution is -0.131. The summed E-state index contributed by atoms with van der Waals surface area (Å²) >= 11 is 6.55. The molecule has 3 aromatic rings. The molecule has 0 aliphatic heterocycles. The van der Waals surface area contributed by atoms with Crippen molar-refractivity contribution in [1.82, 2.24) is 0 Å². The zero-order valence-electron chi connectivity index (χ0n) is 17.1. The van der Waals surface area contributed by atoms with E-state index in [0.29, 0.717) is 27.8 Å². The van der Waals surface area contributed by atoms with Crippen molar-refractivity contribution in [2.24, 2.45) is 0 Å². The van der Waals surface area contributed by atoms with Crippen molar-refractivity contribution in [2.45, 2.75) is 32.6 Å². The van der Waals surface area contributed by atoms with Crippen LogP contribution in [0.4, 0.5) is 0 Å². The largest absolute Gasteiger partial charge is 0.457 e. The van der Waals surface area contributed by atoms with Gasteiger partial charge in [-0.25, -0.2) is 0 Å². The second kappa shape index (κ2) is 9.47. The molecule has 0 bridgehead atoms. The molecule has 152 valence electrons. The van der Waals surface area contributed by atoms with E-state index in [9.17, 15) is 10.1 Å². The minimum absolute atomic E-state index is 0.00680. The van der Waals surface area contributed by atoms with Gasteiger partial charge in [-0.15, -0.1) is 0 Å². The average molecular weight is 420 g/mol. The van der Waals surface area contributed by atoms with Crippen molar-refractivity contribution in [2.75, 3.05) is 0 Å². The number of rotatable bonds is 6. The van der Waals surface area contributed by atoms with Crippen LogP contribution in [0.25, 0.3) is 0 Å². The number of nitrogens with zero attached hydrogens (tertiary/aromatic N) is 1. The Morgan fingerprint density at radius 2 is 1.67 bits per heavy atom. The summed E-state index contributed by atoms with van der Waals surface area (Å²) in [5.41, 5.74) is 2.14. The van der Waals surface area contributed by atoms with E-state index < -0.39 is 11.9 Å². The molecule has 4 nitrogen and oxygen atoms in total. The number of halogens is 1. The molecule has 0 amide bonds. The molecule has 0 aliphatic carbocycles. The van der Waals surface area contributed by atoms with Crippen LogP contribution < -0.4 is 9.47 Å². The smallest absolute Gasteiger partial charge is 0.308 e. The number of carbonyl (C=O) groups excluding carboxylic acids is 1. The highest BCUT2D eigenvalue weighted by Gasteiger charge is 2.26. The van der Waals surface area contributed by atoms with Crippen LogP contribution in [0.3, 0.4) is 0 Å². The first-order valence-corrected chi connectivity index (χ1v) is 10.0. The summed E-state index contributed by atoms with van der Waals surface area (Å²) in [7, 11) is 0. The Morgan fingerprint density at radius 1 is 0.967 bits per heavy atom. The predicted molar refractivity (Wildman–Crippen MR) is 117 cm³/mol. The van der Waals surface area contributed by atoms with Crippen molar-refractivity contribution in [3.05, 3.63) is 88.4 Å². The predicted octanol–water partition coefficient (Wildman–Crippen LogP) is 6.84. The maximum Gasteiger partial charge on any atom is 0.308 e. The number of ether oxygens (including phenoxy) is 2. The van der Waals surface area contributed by atoms with E-state index in [4.69, 9.17) is 21.1 Å². The third kappa shape index (κ3) is 4.82. The van der Waals surface area contributed by atoms with E-state index in [2.05, 4.69) is 6.07 Å². The van der Waals surface area contributed by atoms with Gasteiger partial charge in [-0.05, 0) is 53.4 Å². The van der Waals surface area contributed by atoms with Crippen LogP contribution in [0.1, 0.15) is 49.3 Å². The average Bonchev–Trinajstić information content (AvgIpc) is 2.71. The first-order chi connectivity index (χ1) is 14.4. The van der Waals surface area contributed by atoms with Gasteiger partial charge in [0.2, 0.25) is 0 Å². The number of hydrogen-bond acceptors (Lipinski definition) is 4. The molecular weight excluding hydrogens is 398 g/mol. The van der Waals surface area contributed by atoms with Crippen molar-refractivity contribution >= 4 is 17.6 Å². The number of para-hydroxylation sites is 1. The summed E-state index contributed by atoms with van der Waals surface area (Å²) in [6.07, 6.45) is 0. The fourth-order valence-corrected chi connectivity index (χ4v) is 3.68. The number of esters is 1. The third-order valence-corrected chi connectivity index (χ3v) is 4.94. The molecule has 0 aromatic heterocycles. The van der Waals surface area contributed by atoms with Gasteiger partial charge in [-0.2, -0.15) is 5.26 Å². The van der Waals surface area contributed by atoms with Gasteiger partial charge in [0.15, 0.2) is 0 Å². The normalized spacial score (nSPS) is 11.6. The highest BCUT2D eigenvalue weighted by molar-refractivity contribution is 6.31. The van der Waals surface area contributed by atoms with Gasteiger partial charge in [0.1, 0.15) is 17.2 Å². The maximum atomic E-state index is 11.6. The zero-order chi connectivity index (χ0) is 21.7. The van der Waals surface area contributed by atoms with E-state index in [1.807, 2.05) is 68.4 Å². The molecule has 0 N–H and O–H groups in total. The Hall–Kier alpha value is -3.29. The molecule has 1 unspecified atom stereocenters. The fourth-order valence-electron chi connectivity index (χ4n) is 3.41. The van der Waals surface area contributed by atoms with Gasteiger partial charge in [-0.3, -0.25) is 4.79 Å². The molecule has 0 fully saturated rings. The first kappa shape index (κ1) is 21.4. The van der Waals surface area contributed by atoms with Gasteiger partial charge >= 0.3 is 5.97 Å². The molecule has 0 saturated carbocycles. The lowest BCUT2D eigenvalue weighted by atomic mass is 9.84. The van der Waals surface area contributed by atoms with Crippen LogP contribution in [-0.2, 0) is 4.79 Å². The van der Waals surface area contributed by atoms with Crippen LogP contribution in [-0.4, -0.2) is 5.97 Å². The summed E-state index contributed by atoms with van der Waals surface area (Å²) in [5.74, 6) is 0.682. The van der Waals surface area contributed by atoms with Crippen molar-refractivity contribution < 1.29 is 14.3 Å². The molecule has 0 heterocycles. The van der Waals surface area contributed by atoms with Crippen molar-refractivity contribution in [3.8, 4) is 23.3 Å². The van der Waals surface area contributed by atoms with Gasteiger partial charge in [-0.1, -0.05) is 55.8 Å². The van der Waals surface area contributed by atoms with Crippen molar-refractivity contribution in [1.29, 1.82) is 5.26 Å². The fraction of sp³-hybridized carbons (Fsp3) is 0.200. The molecular formula is C25H22ClNO3. The summed E-state index contributed by atoms with van der Waals surface area (Å²) in [4.78, 5) is 11.6. The SMILES string of the molecule is CC(=O)Oc1ccc(Cl)c(C(C#N)c2cccc(Oc3ccccc3)c2)c1C(C)C. The minimum atomic E-state index is -0.648. The van der Waals surface area contributed by atoms with Gasteiger partial charge in [0.25, 0.3) is 0 Å². The van der Waals surface area contributed by atoms with Crippen LogP contribution in [0.15, 0.2) is 66.7 Å². The number of carbonyl (C=O) groups is 1. The molecule has 30 heavy (non-hydrogen) atoms. The molecule has 5 heteroatoms. The Labute approximate surface area is 181 Å². The summed E-state index contributed by atoms with van der Waals surface area (Å²) in [6.45, 7) is 5.31. The Bertz CT molecular complexity index is 1090. The van der Waals surface area contributed by atoms with Crippen LogP contribution in [0, 0.1) is 11.3 Å². The zero-order valence-corrected chi connectivity index (χ0v) is 17.8. The minimum Gasteiger partial charge on any atom is -0.457 e. The van der Waals surface area contributed by atoms with E-state index in [1.54, 1.807) is 12.1 Å². The van der Waals surface area contributed by atoms with E-state index in [1.165, 1.54) is 6.92 Å². The molecule has 3 rings (SSSR count). The highest BCUT2D eigenvalue weighted by Crippen LogP contribution is 2.41. The van der Waals surface area contributed by atoms with Crippen LogP contribution in [0.5, 0.6) is 17.2 Å². The van der Waals surface area contributed by atoms with Gasteiger partial charge in [0.05, 0.1) is 12.0 Å². The maximum absolute atomic E-state index is 11.6. The summed E-state index contributed by atoms with van der Waals surface area (Å²) in [5, 5.41) is 10.5. The second-order valence-corrected chi connectivity index (χ2v) is 7.58. The monoisotopic (exact) mass is 419 g/mol. The number of nitriles is 1. The van der Waals surface area contributed by atoms with Crippen LogP contribution in [0.2, 0.25) is 5.02 Å². The van der Waals surface area contributed by atoms with E-state index >= 15 is 0 Å². The number of benzene rings is 3. The first-order valence-electron chi connectivity index (χ1n) is 9.64. The second-order valence-electron chi connectivity index (χ2n) is 7.17. The quantitative estimate of drug-likeness (QED) is 0.324. The lowest BCUT2D eigenvalue weighted by Crippen LogP contribution is -2.10.